The maximum Gasteiger partial charge on any atom is 0.244 e. The van der Waals surface area contributed by atoms with E-state index in [4.69, 9.17) is 5.21 Å². The minimum absolute atomic E-state index is 0.223. The molecule has 1 atom stereocenters. The predicted molar refractivity (Wildman–Crippen MR) is 43.7 cm³/mol. The molecule has 0 aromatic carbocycles. The molecule has 0 saturated carbocycles. The highest BCUT2D eigenvalue weighted by Crippen LogP contribution is 2.09. The van der Waals surface area contributed by atoms with Crippen LogP contribution in [-0.4, -0.2) is 35.2 Å². The molecule has 0 aliphatic carbocycles. The molecule has 1 heterocycles. The van der Waals surface area contributed by atoms with E-state index in [0.717, 1.165) is 18.1 Å². The monoisotopic (exact) mass is 176 g/mol. The van der Waals surface area contributed by atoms with Crippen LogP contribution in [0.25, 0.3) is 0 Å². The fourth-order valence-corrected chi connectivity index (χ4v) is 1.97. The number of carbonyl (C=O) groups excluding carboxylic acids is 1. The minimum atomic E-state index is -0.315. The van der Waals surface area contributed by atoms with Crippen LogP contribution in [0.2, 0.25) is 0 Å². The van der Waals surface area contributed by atoms with E-state index in [1.54, 1.807) is 5.48 Å². The van der Waals surface area contributed by atoms with Crippen LogP contribution >= 0.6 is 11.8 Å². The van der Waals surface area contributed by atoms with Gasteiger partial charge in [-0.05, 0) is 0 Å². The molecule has 1 unspecified atom stereocenters. The highest BCUT2D eigenvalue weighted by molar-refractivity contribution is 7.99. The van der Waals surface area contributed by atoms with Crippen molar-refractivity contribution in [3.05, 3.63) is 0 Å². The van der Waals surface area contributed by atoms with Crippen molar-refractivity contribution < 1.29 is 10.0 Å². The van der Waals surface area contributed by atoms with Crippen molar-refractivity contribution in [2.75, 3.05) is 18.1 Å². The maximum absolute atomic E-state index is 10.7. The second-order valence-corrected chi connectivity index (χ2v) is 3.61. The summed E-state index contributed by atoms with van der Waals surface area (Å²) in [5.41, 5.74) is 1.62. The van der Waals surface area contributed by atoms with Gasteiger partial charge in [-0.3, -0.25) is 10.0 Å². The van der Waals surface area contributed by atoms with Crippen molar-refractivity contribution in [3.8, 4) is 0 Å². The Morgan fingerprint density at radius 2 is 2.64 bits per heavy atom. The van der Waals surface area contributed by atoms with Gasteiger partial charge in [0.2, 0.25) is 5.91 Å². The van der Waals surface area contributed by atoms with E-state index >= 15 is 0 Å². The summed E-state index contributed by atoms with van der Waals surface area (Å²) in [5, 5.41) is 11.4. The molecule has 1 saturated heterocycles. The molecule has 0 aromatic heterocycles. The smallest absolute Gasteiger partial charge is 0.244 e. The molecule has 1 aliphatic rings. The number of nitrogens with one attached hydrogen (secondary N) is 2. The van der Waals surface area contributed by atoms with Crippen molar-refractivity contribution in [1.29, 1.82) is 0 Å². The van der Waals surface area contributed by atoms with E-state index in [2.05, 4.69) is 5.32 Å². The van der Waals surface area contributed by atoms with Crippen molar-refractivity contribution in [2.45, 2.75) is 12.5 Å². The lowest BCUT2D eigenvalue weighted by Gasteiger charge is -2.21. The van der Waals surface area contributed by atoms with Gasteiger partial charge in [0.1, 0.15) is 0 Å². The first kappa shape index (κ1) is 8.83. The summed E-state index contributed by atoms with van der Waals surface area (Å²) >= 11 is 1.83. The van der Waals surface area contributed by atoms with Crippen molar-refractivity contribution >= 4 is 17.7 Å². The fraction of sp³-hybridized carbons (Fsp3) is 0.833. The first-order valence-corrected chi connectivity index (χ1v) is 4.72. The third-order valence-electron chi connectivity index (χ3n) is 1.55. The molecule has 0 spiro atoms. The number of carbonyl (C=O) groups is 1. The summed E-state index contributed by atoms with van der Waals surface area (Å²) in [6.45, 7) is 0.952. The average Bonchev–Trinajstić information content (AvgIpc) is 2.06. The zero-order valence-corrected chi connectivity index (χ0v) is 6.99. The lowest BCUT2D eigenvalue weighted by Crippen LogP contribution is -2.40. The summed E-state index contributed by atoms with van der Waals surface area (Å²) in [7, 11) is 0. The number of rotatable bonds is 2. The summed E-state index contributed by atoms with van der Waals surface area (Å²) in [4.78, 5) is 10.7. The molecular formula is C6H12N2O2S. The summed E-state index contributed by atoms with van der Waals surface area (Å²) in [6, 6.07) is 0.223. The Labute approximate surface area is 69.7 Å². The third kappa shape index (κ3) is 3.09. The van der Waals surface area contributed by atoms with Crippen LogP contribution in [0, 0.1) is 0 Å². The Balaban J connectivity index is 2.19. The first-order valence-electron chi connectivity index (χ1n) is 3.57. The summed E-state index contributed by atoms with van der Waals surface area (Å²) in [6.07, 6.45) is 0.365. The average molecular weight is 176 g/mol. The van der Waals surface area contributed by atoms with Crippen LogP contribution in [-0.2, 0) is 4.79 Å². The van der Waals surface area contributed by atoms with Crippen molar-refractivity contribution in [2.24, 2.45) is 0 Å². The lowest BCUT2D eigenvalue weighted by molar-refractivity contribution is -0.129. The van der Waals surface area contributed by atoms with Crippen LogP contribution in [0.3, 0.4) is 0 Å². The largest absolute Gasteiger partial charge is 0.312 e. The number of hydroxylamine groups is 1. The van der Waals surface area contributed by atoms with Gasteiger partial charge < -0.3 is 5.32 Å². The topological polar surface area (TPSA) is 61.4 Å². The molecule has 1 amide bonds. The van der Waals surface area contributed by atoms with E-state index in [1.807, 2.05) is 11.8 Å². The molecular weight excluding hydrogens is 164 g/mol. The van der Waals surface area contributed by atoms with Gasteiger partial charge >= 0.3 is 0 Å². The normalized spacial score (nSPS) is 24.6. The Kier molecular flexibility index (Phi) is 3.68. The van der Waals surface area contributed by atoms with Gasteiger partial charge in [-0.1, -0.05) is 0 Å². The molecule has 1 fully saturated rings. The van der Waals surface area contributed by atoms with Crippen LogP contribution in [0.15, 0.2) is 0 Å². The second-order valence-electron chi connectivity index (χ2n) is 2.47. The Morgan fingerprint density at radius 1 is 1.82 bits per heavy atom. The van der Waals surface area contributed by atoms with Gasteiger partial charge in [-0.25, -0.2) is 5.48 Å². The second kappa shape index (κ2) is 4.58. The quantitative estimate of drug-likeness (QED) is 0.395. The van der Waals surface area contributed by atoms with E-state index in [-0.39, 0.29) is 11.9 Å². The SMILES string of the molecule is O=C(CC1CSCCN1)NO. The third-order valence-corrected chi connectivity index (χ3v) is 2.69. The first-order chi connectivity index (χ1) is 5.33. The zero-order valence-electron chi connectivity index (χ0n) is 6.17. The van der Waals surface area contributed by atoms with Gasteiger partial charge in [0.15, 0.2) is 0 Å². The van der Waals surface area contributed by atoms with E-state index in [9.17, 15) is 4.79 Å². The summed E-state index contributed by atoms with van der Waals surface area (Å²) in [5.74, 6) is 1.75. The Hall–Kier alpha value is -0.260. The summed E-state index contributed by atoms with van der Waals surface area (Å²) < 4.78 is 0. The van der Waals surface area contributed by atoms with Crippen LogP contribution < -0.4 is 10.8 Å². The molecule has 4 nitrogen and oxygen atoms in total. The molecule has 11 heavy (non-hydrogen) atoms. The fourth-order valence-electron chi connectivity index (χ4n) is 1.02. The highest BCUT2D eigenvalue weighted by Gasteiger charge is 2.15. The number of hydrogen-bond donors (Lipinski definition) is 3. The molecule has 1 aliphatic heterocycles. The molecule has 5 heteroatoms. The van der Waals surface area contributed by atoms with Crippen molar-refractivity contribution in [3.63, 3.8) is 0 Å². The van der Waals surface area contributed by atoms with Gasteiger partial charge in [-0.2, -0.15) is 11.8 Å². The van der Waals surface area contributed by atoms with Crippen LogP contribution in [0.5, 0.6) is 0 Å². The molecule has 1 rings (SSSR count). The number of hydrogen-bond acceptors (Lipinski definition) is 4. The van der Waals surface area contributed by atoms with E-state index in [1.165, 1.54) is 0 Å². The number of amides is 1. The van der Waals surface area contributed by atoms with Crippen LogP contribution in [0.1, 0.15) is 6.42 Å². The molecule has 0 aromatic rings. The predicted octanol–water partition coefficient (Wildman–Crippen LogP) is -0.413. The van der Waals surface area contributed by atoms with Crippen molar-refractivity contribution in [1.82, 2.24) is 10.8 Å². The Bertz CT molecular complexity index is 137. The molecule has 3 N–H and O–H groups in total. The van der Waals surface area contributed by atoms with E-state index < -0.39 is 0 Å². The Morgan fingerprint density at radius 3 is 3.18 bits per heavy atom. The van der Waals surface area contributed by atoms with E-state index in [0.29, 0.717) is 6.42 Å². The molecule has 64 valence electrons. The van der Waals surface area contributed by atoms with Gasteiger partial charge in [0.25, 0.3) is 0 Å². The van der Waals surface area contributed by atoms with Gasteiger partial charge in [0.05, 0.1) is 0 Å². The van der Waals surface area contributed by atoms with Gasteiger partial charge in [0, 0.05) is 30.5 Å². The molecule has 0 bridgehead atoms. The lowest BCUT2D eigenvalue weighted by atomic mass is 10.2. The standard InChI is InChI=1S/C6H12N2O2S/c9-6(8-10)3-5-4-11-2-1-7-5/h5,7,10H,1-4H2,(H,8,9). The maximum atomic E-state index is 10.7. The zero-order chi connectivity index (χ0) is 8.10. The minimum Gasteiger partial charge on any atom is -0.312 e. The molecule has 0 radical (unpaired) electrons. The van der Waals surface area contributed by atoms with Gasteiger partial charge in [-0.15, -0.1) is 0 Å². The highest BCUT2D eigenvalue weighted by atomic mass is 32.2. The number of thioether (sulfide) groups is 1. The van der Waals surface area contributed by atoms with Crippen LogP contribution in [0.4, 0.5) is 0 Å².